The summed E-state index contributed by atoms with van der Waals surface area (Å²) in [6, 6.07) is 1.47. The van der Waals surface area contributed by atoms with E-state index in [4.69, 9.17) is 0 Å². The van der Waals surface area contributed by atoms with Crippen molar-refractivity contribution in [2.75, 3.05) is 0 Å². The Morgan fingerprint density at radius 1 is 0.696 bits per heavy atom. The van der Waals surface area contributed by atoms with Crippen molar-refractivity contribution in [2.24, 2.45) is 0 Å². The number of aromatic amines is 4. The van der Waals surface area contributed by atoms with Gasteiger partial charge in [-0.25, -0.2) is 9.59 Å². The Kier molecular flexibility index (Phi) is 7.44. The maximum absolute atomic E-state index is 10.4. The Bertz CT molecular complexity index is 803. The molecule has 0 fully saturated rings. The molecule has 2 rings (SSSR count). The van der Waals surface area contributed by atoms with Crippen LogP contribution in [0, 0.1) is 0 Å². The van der Waals surface area contributed by atoms with Crippen LogP contribution in [-0.2, 0) is 0 Å². The zero-order chi connectivity index (χ0) is 16.9. The largest absolute Gasteiger partial charge is 0.543 e. The van der Waals surface area contributed by atoms with E-state index in [1.807, 2.05) is 19.9 Å². The molecule has 4 N–H and O–H groups in total. The van der Waals surface area contributed by atoms with E-state index in [9.17, 15) is 39.0 Å². The molecular formula is C10H6N4O8Sn-2. The van der Waals surface area contributed by atoms with Crippen molar-refractivity contribution in [1.29, 1.82) is 0 Å². The van der Waals surface area contributed by atoms with Gasteiger partial charge in [-0.1, -0.05) is 0 Å². The third kappa shape index (κ3) is 6.59. The number of hydrogen-bond donors (Lipinski definition) is 4. The fourth-order valence-electron chi connectivity index (χ4n) is 1.16. The molecule has 0 unspecified atom stereocenters. The zero-order valence-corrected chi connectivity index (χ0v) is 13.8. The van der Waals surface area contributed by atoms with Gasteiger partial charge in [0.2, 0.25) is 0 Å². The first-order chi connectivity index (χ1) is 10.2. The van der Waals surface area contributed by atoms with Crippen LogP contribution in [0.4, 0.5) is 0 Å². The molecular weight excluding hydrogens is 423 g/mol. The molecule has 13 heteroatoms. The van der Waals surface area contributed by atoms with E-state index in [1.54, 1.807) is 0 Å². The summed E-state index contributed by atoms with van der Waals surface area (Å²) in [6.45, 7) is 0. The molecule has 2 heterocycles. The first-order valence-corrected chi connectivity index (χ1v) is 5.29. The number of carboxylic acid groups (broad SMARTS) is 2. The number of carbonyl (C=O) groups is 2. The first kappa shape index (κ1) is 20.1. The van der Waals surface area contributed by atoms with E-state index in [0.29, 0.717) is 0 Å². The molecule has 2 aromatic heterocycles. The van der Waals surface area contributed by atoms with Gasteiger partial charge < -0.3 is 29.8 Å². The summed E-state index contributed by atoms with van der Waals surface area (Å²) < 4.78 is 0. The minimum atomic E-state index is -1.59. The molecule has 0 aromatic carbocycles. The van der Waals surface area contributed by atoms with E-state index >= 15 is 0 Å². The van der Waals surface area contributed by atoms with Crippen LogP contribution in [0.1, 0.15) is 21.0 Å². The molecule has 2 aromatic rings. The van der Waals surface area contributed by atoms with Crippen LogP contribution in [0.15, 0.2) is 31.3 Å². The van der Waals surface area contributed by atoms with Crippen LogP contribution in [-0.4, -0.2) is 55.8 Å². The Morgan fingerprint density at radius 3 is 1.22 bits per heavy atom. The molecule has 0 aliphatic rings. The molecule has 4 radical (unpaired) electrons. The SMILES string of the molecule is O=C([O-])c1cc(=O)[nH]c(=O)[nH]1.O=C([O-])c1cc(=O)[nH]c(=O)[nH]1.[Sn]. The van der Waals surface area contributed by atoms with E-state index in [2.05, 4.69) is 0 Å². The summed E-state index contributed by atoms with van der Waals surface area (Å²) >= 11 is 0. The van der Waals surface area contributed by atoms with Gasteiger partial charge >= 0.3 is 11.4 Å². The molecule has 12 nitrogen and oxygen atoms in total. The van der Waals surface area contributed by atoms with Crippen LogP contribution in [0.25, 0.3) is 0 Å². The Labute approximate surface area is 141 Å². The number of carboxylic acids is 2. The molecule has 23 heavy (non-hydrogen) atoms. The third-order valence-electron chi connectivity index (χ3n) is 1.96. The average Bonchev–Trinajstić information content (AvgIpc) is 2.37. The summed E-state index contributed by atoms with van der Waals surface area (Å²) in [6.07, 6.45) is 0. The Hall–Kier alpha value is -2.90. The van der Waals surface area contributed by atoms with Crippen molar-refractivity contribution in [3.8, 4) is 0 Å². The predicted octanol–water partition coefficient (Wildman–Crippen LogP) is -5.53. The van der Waals surface area contributed by atoms with Crippen LogP contribution >= 0.6 is 0 Å². The van der Waals surface area contributed by atoms with Gasteiger partial charge in [-0.3, -0.25) is 19.6 Å². The van der Waals surface area contributed by atoms with Gasteiger partial charge in [0, 0.05) is 36.0 Å². The monoisotopic (exact) mass is 430 g/mol. The van der Waals surface area contributed by atoms with Crippen LogP contribution < -0.4 is 32.7 Å². The second kappa shape index (κ2) is 8.52. The minimum absolute atomic E-state index is 0. The fourth-order valence-corrected chi connectivity index (χ4v) is 1.16. The number of nitrogens with one attached hydrogen (secondary N) is 4. The number of H-pyrrole nitrogens is 4. The third-order valence-corrected chi connectivity index (χ3v) is 1.96. The Balaban J connectivity index is 0.000000403. The Morgan fingerprint density at radius 2 is 1.00 bits per heavy atom. The maximum atomic E-state index is 10.4. The molecule has 0 atom stereocenters. The van der Waals surface area contributed by atoms with Gasteiger partial charge in [0.1, 0.15) is 0 Å². The standard InChI is InChI=1S/2C5H4N2O4.Sn/c2*8-3-1-2(4(9)10)6-5(11)7-3;/h2*1H,(H,9,10)(H2,6,7,8,11);/p-2. The van der Waals surface area contributed by atoms with Crippen molar-refractivity contribution in [2.45, 2.75) is 0 Å². The second-order valence-electron chi connectivity index (χ2n) is 3.58. The smallest absolute Gasteiger partial charge is 0.326 e. The molecule has 0 saturated heterocycles. The summed E-state index contributed by atoms with van der Waals surface area (Å²) in [5.41, 5.74) is -4.33. The molecule has 0 bridgehead atoms. The topological polar surface area (TPSA) is 212 Å². The number of carbonyl (C=O) groups excluding carboxylic acids is 2. The maximum Gasteiger partial charge on any atom is 0.326 e. The zero-order valence-electron chi connectivity index (χ0n) is 10.9. The van der Waals surface area contributed by atoms with Crippen LogP contribution in [0.2, 0.25) is 0 Å². The number of aromatic nitrogens is 4. The second-order valence-corrected chi connectivity index (χ2v) is 3.58. The molecule has 0 aliphatic heterocycles. The van der Waals surface area contributed by atoms with Crippen molar-refractivity contribution in [3.05, 3.63) is 65.2 Å². The molecule has 0 aliphatic carbocycles. The van der Waals surface area contributed by atoms with Gasteiger partial charge in [0.05, 0.1) is 23.3 Å². The van der Waals surface area contributed by atoms with E-state index in [1.165, 1.54) is 0 Å². The fraction of sp³-hybridized carbons (Fsp3) is 0. The van der Waals surface area contributed by atoms with Crippen molar-refractivity contribution in [1.82, 2.24) is 19.9 Å². The van der Waals surface area contributed by atoms with Gasteiger partial charge in [-0.05, 0) is 0 Å². The summed E-state index contributed by atoms with van der Waals surface area (Å²) in [5, 5.41) is 20.1. The summed E-state index contributed by atoms with van der Waals surface area (Å²) in [4.78, 5) is 69.2. The predicted molar refractivity (Wildman–Crippen MR) is 69.8 cm³/mol. The van der Waals surface area contributed by atoms with E-state index in [0.717, 1.165) is 12.1 Å². The number of rotatable bonds is 2. The molecule has 0 saturated carbocycles. The molecule has 120 valence electrons. The number of hydrogen-bond acceptors (Lipinski definition) is 8. The van der Waals surface area contributed by atoms with E-state index in [-0.39, 0.29) is 23.9 Å². The van der Waals surface area contributed by atoms with Gasteiger partial charge in [0.25, 0.3) is 11.1 Å². The van der Waals surface area contributed by atoms with Crippen LogP contribution in [0.5, 0.6) is 0 Å². The normalized spacial score (nSPS) is 9.04. The average molecular weight is 429 g/mol. The number of aromatic carboxylic acids is 2. The summed E-state index contributed by atoms with van der Waals surface area (Å²) in [7, 11) is 0. The van der Waals surface area contributed by atoms with Crippen molar-refractivity contribution >= 4 is 35.8 Å². The summed E-state index contributed by atoms with van der Waals surface area (Å²) in [5.74, 6) is -3.18. The van der Waals surface area contributed by atoms with Crippen LogP contribution in [0.3, 0.4) is 0 Å². The molecule has 0 amide bonds. The van der Waals surface area contributed by atoms with Crippen molar-refractivity contribution < 1.29 is 19.8 Å². The quantitative estimate of drug-likeness (QED) is 0.337. The first-order valence-electron chi connectivity index (χ1n) is 5.29. The minimum Gasteiger partial charge on any atom is -0.543 e. The van der Waals surface area contributed by atoms with Gasteiger partial charge in [-0.15, -0.1) is 0 Å². The van der Waals surface area contributed by atoms with Crippen molar-refractivity contribution in [3.63, 3.8) is 0 Å². The van der Waals surface area contributed by atoms with E-state index < -0.39 is 45.8 Å². The van der Waals surface area contributed by atoms with Gasteiger partial charge in [0.15, 0.2) is 0 Å². The van der Waals surface area contributed by atoms with Gasteiger partial charge in [-0.2, -0.15) is 0 Å². The molecule has 0 spiro atoms.